The second-order valence-corrected chi connectivity index (χ2v) is 5.54. The summed E-state index contributed by atoms with van der Waals surface area (Å²) in [5.74, 6) is 1.82. The summed E-state index contributed by atoms with van der Waals surface area (Å²) >= 11 is 6.24. The molecule has 0 atom stereocenters. The van der Waals surface area contributed by atoms with Crippen LogP contribution in [-0.4, -0.2) is 33.8 Å². The molecule has 0 bridgehead atoms. The summed E-state index contributed by atoms with van der Waals surface area (Å²) in [6, 6.07) is 0. The Labute approximate surface area is 107 Å². The molecule has 0 aromatic rings. The van der Waals surface area contributed by atoms with Crippen molar-refractivity contribution in [3.63, 3.8) is 0 Å². The van der Waals surface area contributed by atoms with Gasteiger partial charge in [-0.15, -0.1) is 11.8 Å². The largest absolute Gasteiger partial charge is 0.374 e. The number of nitrogens with one attached hydrogen (secondary N) is 1. The monoisotopic (exact) mass is 280 g/mol. The normalized spacial score (nSPS) is 18.8. The molecule has 1 aliphatic rings. The fraction of sp³-hybridized carbons (Fsp3) is 0.625. The lowest BCUT2D eigenvalue weighted by atomic mass is 10.4. The quantitative estimate of drug-likeness (QED) is 0.350. The second-order valence-electron chi connectivity index (χ2n) is 2.92. The number of thiol groups is 1. The van der Waals surface area contributed by atoms with Crippen molar-refractivity contribution in [1.29, 1.82) is 0 Å². The fourth-order valence-electron chi connectivity index (χ4n) is 1.11. The first-order valence-corrected chi connectivity index (χ1v) is 7.30. The van der Waals surface area contributed by atoms with Gasteiger partial charge in [0.2, 0.25) is 0 Å². The topological polar surface area (TPSA) is 72.2 Å². The number of nitrogens with zero attached hydrogens (tertiary/aromatic N) is 1. The van der Waals surface area contributed by atoms with E-state index in [2.05, 4.69) is 17.9 Å². The van der Waals surface area contributed by atoms with Gasteiger partial charge in [0.25, 0.3) is 5.12 Å². The molecular weight excluding hydrogens is 268 g/mol. The van der Waals surface area contributed by atoms with Crippen molar-refractivity contribution >= 4 is 41.3 Å². The highest BCUT2D eigenvalue weighted by Gasteiger charge is 2.29. The Morgan fingerprint density at radius 3 is 2.94 bits per heavy atom. The number of carbonyl (C=O) groups is 1. The van der Waals surface area contributed by atoms with E-state index in [4.69, 9.17) is 0 Å². The molecule has 1 N–H and O–H groups in total. The third-order valence-electron chi connectivity index (χ3n) is 1.77. The minimum atomic E-state index is -0.603. The van der Waals surface area contributed by atoms with E-state index in [-0.39, 0.29) is 5.70 Å². The minimum absolute atomic E-state index is 0.323. The van der Waals surface area contributed by atoms with E-state index in [1.807, 2.05) is 0 Å². The molecule has 16 heavy (non-hydrogen) atoms. The average molecular weight is 280 g/mol. The molecule has 1 aliphatic heterocycles. The molecule has 1 heterocycles. The molecule has 1 fully saturated rings. The van der Waals surface area contributed by atoms with Crippen LogP contribution in [0.1, 0.15) is 6.42 Å². The summed E-state index contributed by atoms with van der Waals surface area (Å²) < 4.78 is 0. The Morgan fingerprint density at radius 2 is 2.44 bits per heavy atom. The maximum absolute atomic E-state index is 11.6. The van der Waals surface area contributed by atoms with Crippen molar-refractivity contribution in [2.24, 2.45) is 0 Å². The van der Waals surface area contributed by atoms with Crippen molar-refractivity contribution in [2.75, 3.05) is 23.8 Å². The summed E-state index contributed by atoms with van der Waals surface area (Å²) in [6.07, 6.45) is 0.955. The first kappa shape index (κ1) is 13.7. The summed E-state index contributed by atoms with van der Waals surface area (Å²) in [7, 11) is 0. The van der Waals surface area contributed by atoms with Crippen molar-refractivity contribution in [3.8, 4) is 0 Å². The van der Waals surface area contributed by atoms with Gasteiger partial charge >= 0.3 is 5.70 Å². The Hall–Kier alpha value is -0.340. The molecule has 0 radical (unpaired) electrons. The summed E-state index contributed by atoms with van der Waals surface area (Å²) in [6.45, 7) is 0.685. The lowest BCUT2D eigenvalue weighted by Crippen LogP contribution is -2.24. The Balaban J connectivity index is 2.80. The van der Waals surface area contributed by atoms with E-state index in [1.165, 1.54) is 11.8 Å². The van der Waals surface area contributed by atoms with Crippen LogP contribution in [0.4, 0.5) is 0 Å². The Morgan fingerprint density at radius 1 is 1.69 bits per heavy atom. The van der Waals surface area contributed by atoms with E-state index < -0.39 is 10.0 Å². The molecule has 0 amide bonds. The number of rotatable bonds is 4. The van der Waals surface area contributed by atoms with Crippen LogP contribution in [0.2, 0.25) is 0 Å². The van der Waals surface area contributed by atoms with Crippen molar-refractivity contribution in [3.05, 3.63) is 20.8 Å². The van der Waals surface area contributed by atoms with E-state index in [0.717, 1.165) is 23.9 Å². The standard InChI is InChI=1S/C8H12N2O3S3/c11-8(16-5-3-14)6(10(12)13)7-9-2-1-4-15-7/h9,14H,1-5H2. The highest BCUT2D eigenvalue weighted by atomic mass is 32.2. The van der Waals surface area contributed by atoms with Crippen LogP contribution in [0, 0.1) is 10.1 Å². The first-order valence-electron chi connectivity index (χ1n) is 4.70. The van der Waals surface area contributed by atoms with E-state index >= 15 is 0 Å². The van der Waals surface area contributed by atoms with Crippen LogP contribution in [0.3, 0.4) is 0 Å². The lowest BCUT2D eigenvalue weighted by Gasteiger charge is -2.15. The molecule has 0 unspecified atom stereocenters. The van der Waals surface area contributed by atoms with Gasteiger partial charge in [0, 0.05) is 18.1 Å². The van der Waals surface area contributed by atoms with Crippen LogP contribution >= 0.6 is 36.2 Å². The molecule has 5 nitrogen and oxygen atoms in total. The maximum atomic E-state index is 11.6. The zero-order valence-corrected chi connectivity index (χ0v) is 11.0. The first-order chi connectivity index (χ1) is 7.66. The predicted octanol–water partition coefficient (Wildman–Crippen LogP) is 1.35. The highest BCUT2D eigenvalue weighted by Crippen LogP contribution is 2.25. The third kappa shape index (κ3) is 3.91. The van der Waals surface area contributed by atoms with Gasteiger partial charge in [0.05, 0.1) is 4.92 Å². The Kier molecular flexibility index (Phi) is 6.07. The van der Waals surface area contributed by atoms with Gasteiger partial charge in [-0.1, -0.05) is 11.8 Å². The highest BCUT2D eigenvalue weighted by molar-refractivity contribution is 8.14. The van der Waals surface area contributed by atoms with Crippen molar-refractivity contribution < 1.29 is 9.72 Å². The molecular formula is C8H12N2O3S3. The van der Waals surface area contributed by atoms with Gasteiger partial charge in [0.15, 0.2) is 5.03 Å². The number of carbonyl (C=O) groups excluding carboxylic acids is 1. The molecule has 1 saturated heterocycles. The third-order valence-corrected chi connectivity index (χ3v) is 4.28. The Bertz CT molecular complexity index is 312. The minimum Gasteiger partial charge on any atom is -0.374 e. The number of hydrogen-bond donors (Lipinski definition) is 2. The molecule has 8 heteroatoms. The van der Waals surface area contributed by atoms with E-state index in [0.29, 0.717) is 23.1 Å². The van der Waals surface area contributed by atoms with Crippen LogP contribution in [0.15, 0.2) is 10.7 Å². The second kappa shape index (κ2) is 7.08. The SMILES string of the molecule is O=C(SCCS)C(=C1NCCCS1)[N+](=O)[O-]. The van der Waals surface area contributed by atoms with E-state index in [9.17, 15) is 14.9 Å². The van der Waals surface area contributed by atoms with Crippen LogP contribution in [0.25, 0.3) is 0 Å². The molecule has 90 valence electrons. The zero-order chi connectivity index (χ0) is 12.0. The number of thioether (sulfide) groups is 2. The van der Waals surface area contributed by atoms with E-state index in [1.54, 1.807) is 0 Å². The fourth-order valence-corrected chi connectivity index (χ4v) is 3.04. The van der Waals surface area contributed by atoms with Gasteiger partial charge in [-0.05, 0) is 12.2 Å². The molecule has 0 saturated carbocycles. The summed E-state index contributed by atoms with van der Waals surface area (Å²) in [5, 5.41) is 13.7. The predicted molar refractivity (Wildman–Crippen MR) is 70.4 cm³/mol. The number of hydrogen-bond acceptors (Lipinski definition) is 7. The molecule has 0 aromatic heterocycles. The molecule has 1 rings (SSSR count). The smallest absolute Gasteiger partial charge is 0.352 e. The zero-order valence-electron chi connectivity index (χ0n) is 8.47. The molecule has 0 spiro atoms. The lowest BCUT2D eigenvalue weighted by molar-refractivity contribution is -0.418. The van der Waals surface area contributed by atoms with Crippen LogP contribution < -0.4 is 5.32 Å². The van der Waals surface area contributed by atoms with Gasteiger partial charge < -0.3 is 5.32 Å². The summed E-state index contributed by atoms with van der Waals surface area (Å²) in [4.78, 5) is 21.9. The maximum Gasteiger partial charge on any atom is 0.352 e. The average Bonchev–Trinajstić information content (AvgIpc) is 2.27. The molecule has 0 aliphatic carbocycles. The van der Waals surface area contributed by atoms with Gasteiger partial charge in [0.1, 0.15) is 0 Å². The van der Waals surface area contributed by atoms with Crippen molar-refractivity contribution in [1.82, 2.24) is 5.32 Å². The van der Waals surface area contributed by atoms with Crippen LogP contribution in [0.5, 0.6) is 0 Å². The number of nitro groups is 1. The van der Waals surface area contributed by atoms with Gasteiger partial charge in [-0.3, -0.25) is 14.9 Å². The van der Waals surface area contributed by atoms with Gasteiger partial charge in [-0.2, -0.15) is 12.6 Å². The van der Waals surface area contributed by atoms with Crippen LogP contribution in [-0.2, 0) is 4.79 Å². The summed E-state index contributed by atoms with van der Waals surface area (Å²) in [5.41, 5.74) is -0.323. The molecule has 0 aromatic carbocycles. The van der Waals surface area contributed by atoms with Gasteiger partial charge in [-0.25, -0.2) is 0 Å². The van der Waals surface area contributed by atoms with Crippen molar-refractivity contribution in [2.45, 2.75) is 6.42 Å².